The lowest BCUT2D eigenvalue weighted by molar-refractivity contribution is -0.126. The van der Waals surface area contributed by atoms with E-state index in [2.05, 4.69) is 10.1 Å². The van der Waals surface area contributed by atoms with Crippen LogP contribution in [0, 0.1) is 0 Å². The summed E-state index contributed by atoms with van der Waals surface area (Å²) in [6, 6.07) is 6.42. The summed E-state index contributed by atoms with van der Waals surface area (Å²) in [5, 5.41) is 2.83. The largest absolute Gasteiger partial charge is 0.465 e. The number of carbonyl (C=O) groups is 2. The Morgan fingerprint density at radius 3 is 2.33 bits per heavy atom. The van der Waals surface area contributed by atoms with Crippen molar-refractivity contribution >= 4 is 21.7 Å². The van der Waals surface area contributed by atoms with E-state index < -0.39 is 15.8 Å². The van der Waals surface area contributed by atoms with Crippen molar-refractivity contribution < 1.29 is 22.7 Å². The van der Waals surface area contributed by atoms with Crippen LogP contribution in [0.4, 0.5) is 0 Å². The first-order chi connectivity index (χ1) is 11.3. The van der Waals surface area contributed by atoms with Crippen LogP contribution in [0.2, 0.25) is 0 Å². The van der Waals surface area contributed by atoms with Crippen LogP contribution in [0.5, 0.6) is 0 Å². The monoisotopic (exact) mass is 354 g/mol. The molecule has 1 aliphatic rings. The van der Waals surface area contributed by atoms with Gasteiger partial charge in [0.05, 0.1) is 30.2 Å². The number of nitrogens with zero attached hydrogens (tertiary/aromatic N) is 1. The molecule has 132 valence electrons. The Kier molecular flexibility index (Phi) is 5.95. The minimum absolute atomic E-state index is 0.0968. The minimum atomic E-state index is -2.95. The molecule has 7 nitrogen and oxygen atoms in total. The fraction of sp³-hybridized carbons (Fsp3) is 0.500. The van der Waals surface area contributed by atoms with E-state index in [0.717, 1.165) is 5.56 Å². The first-order valence-corrected chi connectivity index (χ1v) is 9.54. The standard InChI is InChI=1S/C16H22N2O5S/c1-12(18-7-9-24(21,22)10-8-18)15(19)17-11-13-3-5-14(6-4-13)16(20)23-2/h3-6,12H,7-11H2,1-2H3,(H,17,19)/t12-/m1/s1. The molecule has 0 saturated carbocycles. The molecule has 2 rings (SSSR count). The number of nitrogens with one attached hydrogen (secondary N) is 1. The number of carbonyl (C=O) groups excluding carboxylic acids is 2. The Labute approximate surface area is 141 Å². The van der Waals surface area contributed by atoms with Crippen LogP contribution >= 0.6 is 0 Å². The third-order valence-corrected chi connectivity index (χ3v) is 5.76. The topological polar surface area (TPSA) is 92.8 Å². The molecule has 0 radical (unpaired) electrons. The number of ether oxygens (including phenoxy) is 1. The number of hydrogen-bond acceptors (Lipinski definition) is 6. The molecule has 1 saturated heterocycles. The van der Waals surface area contributed by atoms with Gasteiger partial charge in [0.15, 0.2) is 9.84 Å². The van der Waals surface area contributed by atoms with Gasteiger partial charge in [0.2, 0.25) is 5.91 Å². The number of benzene rings is 1. The Morgan fingerprint density at radius 1 is 1.21 bits per heavy atom. The summed E-state index contributed by atoms with van der Waals surface area (Å²) in [7, 11) is -1.63. The van der Waals surface area contributed by atoms with Crippen LogP contribution in [0.1, 0.15) is 22.8 Å². The SMILES string of the molecule is COC(=O)c1ccc(CNC(=O)[C@@H](C)N2CCS(=O)(=O)CC2)cc1. The highest BCUT2D eigenvalue weighted by Gasteiger charge is 2.28. The highest BCUT2D eigenvalue weighted by Crippen LogP contribution is 2.09. The maximum Gasteiger partial charge on any atom is 0.337 e. The van der Waals surface area contributed by atoms with Crippen molar-refractivity contribution in [3.63, 3.8) is 0 Å². The predicted molar refractivity (Wildman–Crippen MR) is 89.3 cm³/mol. The molecule has 1 N–H and O–H groups in total. The Bertz CT molecular complexity index is 686. The summed E-state index contributed by atoms with van der Waals surface area (Å²) in [4.78, 5) is 25.5. The van der Waals surface area contributed by atoms with Gasteiger partial charge in [-0.3, -0.25) is 9.69 Å². The summed E-state index contributed by atoms with van der Waals surface area (Å²) >= 11 is 0. The number of hydrogen-bond donors (Lipinski definition) is 1. The molecule has 0 aromatic heterocycles. The fourth-order valence-electron chi connectivity index (χ4n) is 2.49. The molecule has 1 amide bonds. The van der Waals surface area contributed by atoms with Crippen LogP contribution in [-0.4, -0.2) is 62.9 Å². The first-order valence-electron chi connectivity index (χ1n) is 7.72. The van der Waals surface area contributed by atoms with Crippen molar-refractivity contribution in [1.82, 2.24) is 10.2 Å². The number of methoxy groups -OCH3 is 1. The normalized spacial score (nSPS) is 18.6. The van der Waals surface area contributed by atoms with Gasteiger partial charge < -0.3 is 10.1 Å². The van der Waals surface area contributed by atoms with Crippen molar-refractivity contribution in [2.45, 2.75) is 19.5 Å². The van der Waals surface area contributed by atoms with Crippen LogP contribution in [0.3, 0.4) is 0 Å². The summed E-state index contributed by atoms with van der Waals surface area (Å²) < 4.78 is 27.5. The molecule has 1 aromatic carbocycles. The number of rotatable bonds is 5. The average Bonchev–Trinajstić information content (AvgIpc) is 2.58. The summed E-state index contributed by atoms with van der Waals surface area (Å²) in [5.41, 5.74) is 1.32. The van der Waals surface area contributed by atoms with E-state index in [-0.39, 0.29) is 23.5 Å². The van der Waals surface area contributed by atoms with Crippen LogP contribution in [-0.2, 0) is 25.9 Å². The molecule has 1 heterocycles. The van der Waals surface area contributed by atoms with E-state index in [1.54, 1.807) is 31.2 Å². The quantitative estimate of drug-likeness (QED) is 0.760. The Balaban J connectivity index is 1.85. The lowest BCUT2D eigenvalue weighted by Gasteiger charge is -2.31. The zero-order chi connectivity index (χ0) is 17.7. The molecule has 1 fully saturated rings. The molecule has 1 aliphatic heterocycles. The van der Waals surface area contributed by atoms with E-state index in [1.807, 2.05) is 4.90 Å². The first kappa shape index (κ1) is 18.4. The molecule has 0 aliphatic carbocycles. The lowest BCUT2D eigenvalue weighted by atomic mass is 10.1. The molecule has 0 unspecified atom stereocenters. The van der Waals surface area contributed by atoms with Crippen molar-refractivity contribution in [2.24, 2.45) is 0 Å². The van der Waals surface area contributed by atoms with Gasteiger partial charge in [0, 0.05) is 19.6 Å². The number of esters is 1. The van der Waals surface area contributed by atoms with E-state index in [0.29, 0.717) is 25.2 Å². The Hall–Kier alpha value is -1.93. The highest BCUT2D eigenvalue weighted by atomic mass is 32.2. The zero-order valence-corrected chi connectivity index (χ0v) is 14.6. The second-order valence-electron chi connectivity index (χ2n) is 5.77. The van der Waals surface area contributed by atoms with E-state index in [9.17, 15) is 18.0 Å². The van der Waals surface area contributed by atoms with Crippen LogP contribution in [0.15, 0.2) is 24.3 Å². The third-order valence-electron chi connectivity index (χ3n) is 4.15. The van der Waals surface area contributed by atoms with Gasteiger partial charge in [-0.1, -0.05) is 12.1 Å². The molecule has 24 heavy (non-hydrogen) atoms. The number of sulfone groups is 1. The molecule has 1 aromatic rings. The Morgan fingerprint density at radius 2 is 1.79 bits per heavy atom. The minimum Gasteiger partial charge on any atom is -0.465 e. The van der Waals surface area contributed by atoms with Gasteiger partial charge >= 0.3 is 5.97 Å². The third kappa shape index (κ3) is 4.78. The summed E-state index contributed by atoms with van der Waals surface area (Å²) in [6.07, 6.45) is 0. The second kappa shape index (κ2) is 7.76. The molecule has 1 atom stereocenters. The van der Waals surface area contributed by atoms with Crippen LogP contribution < -0.4 is 5.32 Å². The van der Waals surface area contributed by atoms with Crippen molar-refractivity contribution in [3.05, 3.63) is 35.4 Å². The maximum absolute atomic E-state index is 12.2. The summed E-state index contributed by atoms with van der Waals surface area (Å²) in [6.45, 7) is 2.87. The predicted octanol–water partition coefficient (Wildman–Crippen LogP) is 0.208. The molecule has 0 spiro atoms. The van der Waals surface area contributed by atoms with Gasteiger partial charge in [-0.2, -0.15) is 0 Å². The zero-order valence-electron chi connectivity index (χ0n) is 13.8. The smallest absolute Gasteiger partial charge is 0.337 e. The van der Waals surface area contributed by atoms with E-state index >= 15 is 0 Å². The van der Waals surface area contributed by atoms with E-state index in [4.69, 9.17) is 0 Å². The lowest BCUT2D eigenvalue weighted by Crippen LogP contribution is -2.50. The molecule has 8 heteroatoms. The van der Waals surface area contributed by atoms with Crippen molar-refractivity contribution in [1.29, 1.82) is 0 Å². The molecular weight excluding hydrogens is 332 g/mol. The summed E-state index contributed by atoms with van der Waals surface area (Å²) in [5.74, 6) is -0.357. The van der Waals surface area contributed by atoms with E-state index in [1.165, 1.54) is 7.11 Å². The van der Waals surface area contributed by atoms with Gasteiger partial charge in [-0.15, -0.1) is 0 Å². The van der Waals surface area contributed by atoms with Gasteiger partial charge in [0.1, 0.15) is 0 Å². The molecular formula is C16H22N2O5S. The fourth-order valence-corrected chi connectivity index (χ4v) is 3.72. The van der Waals surface area contributed by atoms with Gasteiger partial charge in [-0.25, -0.2) is 13.2 Å². The molecule has 0 bridgehead atoms. The van der Waals surface area contributed by atoms with Crippen molar-refractivity contribution in [3.8, 4) is 0 Å². The highest BCUT2D eigenvalue weighted by molar-refractivity contribution is 7.91. The van der Waals surface area contributed by atoms with Gasteiger partial charge in [0.25, 0.3) is 0 Å². The maximum atomic E-state index is 12.2. The van der Waals surface area contributed by atoms with Gasteiger partial charge in [-0.05, 0) is 24.6 Å². The average molecular weight is 354 g/mol. The second-order valence-corrected chi connectivity index (χ2v) is 8.07. The number of amides is 1. The van der Waals surface area contributed by atoms with Crippen molar-refractivity contribution in [2.75, 3.05) is 31.7 Å². The van der Waals surface area contributed by atoms with Crippen LogP contribution in [0.25, 0.3) is 0 Å².